The molecular formula is C43H60O6. The van der Waals surface area contributed by atoms with E-state index in [1.807, 2.05) is 0 Å². The summed E-state index contributed by atoms with van der Waals surface area (Å²) in [5.74, 6) is 3.64. The van der Waals surface area contributed by atoms with Crippen LogP contribution in [0.3, 0.4) is 0 Å². The number of ether oxygens (including phenoxy) is 4. The maximum atomic E-state index is 11.2. The summed E-state index contributed by atoms with van der Waals surface area (Å²) in [6.45, 7) is 11.1. The second-order valence-corrected chi connectivity index (χ2v) is 14.1. The Bertz CT molecular complexity index is 1190. The molecule has 0 heterocycles. The molecule has 2 fully saturated rings. The average molecular weight is 673 g/mol. The van der Waals surface area contributed by atoms with Gasteiger partial charge in [0.15, 0.2) is 0 Å². The molecule has 0 radical (unpaired) electrons. The van der Waals surface area contributed by atoms with Crippen molar-refractivity contribution in [3.63, 3.8) is 0 Å². The van der Waals surface area contributed by atoms with Gasteiger partial charge in [0.1, 0.15) is 11.5 Å². The second-order valence-electron chi connectivity index (χ2n) is 14.1. The van der Waals surface area contributed by atoms with Gasteiger partial charge in [0, 0.05) is 17.6 Å². The molecule has 6 nitrogen and oxygen atoms in total. The van der Waals surface area contributed by atoms with Gasteiger partial charge in [0.05, 0.1) is 26.4 Å². The van der Waals surface area contributed by atoms with Gasteiger partial charge in [0.2, 0.25) is 0 Å². The lowest BCUT2D eigenvalue weighted by Gasteiger charge is -2.44. The first-order valence-corrected chi connectivity index (χ1v) is 19.0. The number of unbranched alkanes of at least 4 members (excludes halogenated alkanes) is 4. The highest BCUT2D eigenvalue weighted by Gasteiger charge is 2.41. The van der Waals surface area contributed by atoms with Gasteiger partial charge in [0.25, 0.3) is 0 Å². The maximum absolute atomic E-state index is 11.2. The lowest BCUT2D eigenvalue weighted by atomic mass is 9.60. The molecule has 0 aromatic heterocycles. The van der Waals surface area contributed by atoms with Crippen molar-refractivity contribution in [2.24, 2.45) is 17.8 Å². The van der Waals surface area contributed by atoms with E-state index in [1.54, 1.807) is 0 Å². The third-order valence-corrected chi connectivity index (χ3v) is 10.9. The molecule has 0 N–H and O–H groups in total. The zero-order chi connectivity index (χ0) is 34.7. The first-order valence-electron chi connectivity index (χ1n) is 19.0. The van der Waals surface area contributed by atoms with Gasteiger partial charge < -0.3 is 18.9 Å². The number of hydrogen-bond acceptors (Lipinski definition) is 6. The molecule has 49 heavy (non-hydrogen) atoms. The molecule has 0 aliphatic heterocycles. The van der Waals surface area contributed by atoms with Crippen molar-refractivity contribution in [3.8, 4) is 11.5 Å². The molecule has 0 saturated heterocycles. The van der Waals surface area contributed by atoms with E-state index in [0.717, 1.165) is 67.8 Å². The summed E-state index contributed by atoms with van der Waals surface area (Å²) in [4.78, 5) is 22.5. The van der Waals surface area contributed by atoms with E-state index in [0.29, 0.717) is 26.4 Å². The van der Waals surface area contributed by atoms with E-state index in [2.05, 4.69) is 68.6 Å². The molecule has 2 aliphatic carbocycles. The van der Waals surface area contributed by atoms with Gasteiger partial charge in [-0.05, 0) is 117 Å². The van der Waals surface area contributed by atoms with Crippen molar-refractivity contribution in [1.82, 2.24) is 0 Å². The van der Waals surface area contributed by atoms with E-state index in [9.17, 15) is 9.59 Å². The van der Waals surface area contributed by atoms with Gasteiger partial charge in [-0.3, -0.25) is 0 Å². The molecule has 2 aromatic carbocycles. The third-order valence-electron chi connectivity index (χ3n) is 10.9. The van der Waals surface area contributed by atoms with E-state index in [-0.39, 0.29) is 17.4 Å². The first-order chi connectivity index (χ1) is 24.0. The fraction of sp³-hybridized carbons (Fsp3) is 0.581. The highest BCUT2D eigenvalue weighted by Crippen LogP contribution is 2.50. The average Bonchev–Trinajstić information content (AvgIpc) is 3.15. The number of carbonyl (C=O) groups is 2. The normalized spacial score (nSPS) is 19.0. The lowest BCUT2D eigenvalue weighted by molar-refractivity contribution is -0.138. The zero-order valence-corrected chi connectivity index (χ0v) is 30.0. The van der Waals surface area contributed by atoms with Crippen LogP contribution in [0.25, 0.3) is 0 Å². The molecular weight excluding hydrogens is 612 g/mol. The Balaban J connectivity index is 1.36. The molecule has 6 heteroatoms. The van der Waals surface area contributed by atoms with Gasteiger partial charge in [-0.25, -0.2) is 9.59 Å². The quantitative estimate of drug-likeness (QED) is 0.0747. The van der Waals surface area contributed by atoms with Crippen LogP contribution in [0.15, 0.2) is 73.8 Å². The van der Waals surface area contributed by atoms with Crippen molar-refractivity contribution in [2.45, 2.75) is 115 Å². The molecule has 0 unspecified atom stereocenters. The van der Waals surface area contributed by atoms with Crippen LogP contribution in [0.4, 0.5) is 0 Å². The van der Waals surface area contributed by atoms with Crippen LogP contribution in [-0.4, -0.2) is 38.4 Å². The fourth-order valence-electron chi connectivity index (χ4n) is 7.97. The van der Waals surface area contributed by atoms with Gasteiger partial charge >= 0.3 is 11.9 Å². The summed E-state index contributed by atoms with van der Waals surface area (Å²) in [6.07, 6.45) is 21.6. The summed E-state index contributed by atoms with van der Waals surface area (Å²) in [7, 11) is 0. The molecule has 0 amide bonds. The van der Waals surface area contributed by atoms with Crippen LogP contribution < -0.4 is 9.47 Å². The summed E-state index contributed by atoms with van der Waals surface area (Å²) < 4.78 is 22.2. The highest BCUT2D eigenvalue weighted by atomic mass is 16.5. The van der Waals surface area contributed by atoms with E-state index < -0.39 is 0 Å². The standard InChI is InChI=1S/C43H60O6/c1-4-7-8-13-34-14-16-35(17-15-34)36-26-28-43(29-27-36,37-18-22-39(23-19-37)46-30-9-11-32-48-41(44)5-2)38-20-24-40(25-21-38)47-31-10-12-33-49-42(45)6-3/h5-6,18-25,34-36H,2-4,7-17,26-33H2,1H3. The number of benzene rings is 2. The number of carbonyl (C=O) groups excluding carboxylic acids is 2. The first kappa shape index (κ1) is 38.3. The number of esters is 2. The van der Waals surface area contributed by atoms with E-state index in [4.69, 9.17) is 18.9 Å². The largest absolute Gasteiger partial charge is 0.494 e. The monoisotopic (exact) mass is 672 g/mol. The Morgan fingerprint density at radius 1 is 0.633 bits per heavy atom. The van der Waals surface area contributed by atoms with Crippen molar-refractivity contribution in [1.29, 1.82) is 0 Å². The molecule has 0 bridgehead atoms. The summed E-state index contributed by atoms with van der Waals surface area (Å²) in [6, 6.07) is 17.5. The minimum Gasteiger partial charge on any atom is -0.494 e. The second kappa shape index (κ2) is 20.9. The summed E-state index contributed by atoms with van der Waals surface area (Å²) in [5.41, 5.74) is 2.68. The maximum Gasteiger partial charge on any atom is 0.330 e. The van der Waals surface area contributed by atoms with Gasteiger partial charge in [-0.1, -0.05) is 82.9 Å². The Kier molecular flexibility index (Phi) is 16.3. The van der Waals surface area contributed by atoms with Crippen molar-refractivity contribution >= 4 is 11.9 Å². The minimum absolute atomic E-state index is 0.0328. The van der Waals surface area contributed by atoms with E-state index in [1.165, 1.54) is 87.5 Å². The molecule has 0 atom stereocenters. The Labute approximate surface area is 295 Å². The van der Waals surface area contributed by atoms with Crippen LogP contribution in [0.1, 0.15) is 121 Å². The summed E-state index contributed by atoms with van der Waals surface area (Å²) >= 11 is 0. The Morgan fingerprint density at radius 3 is 1.53 bits per heavy atom. The van der Waals surface area contributed by atoms with Crippen LogP contribution >= 0.6 is 0 Å². The zero-order valence-electron chi connectivity index (χ0n) is 30.0. The molecule has 2 aliphatic rings. The number of rotatable bonds is 21. The molecule has 268 valence electrons. The lowest BCUT2D eigenvalue weighted by Crippen LogP contribution is -2.35. The molecule has 4 rings (SSSR count). The van der Waals surface area contributed by atoms with Crippen molar-refractivity contribution in [3.05, 3.63) is 85.0 Å². The van der Waals surface area contributed by atoms with Crippen LogP contribution in [0, 0.1) is 17.8 Å². The fourth-order valence-corrected chi connectivity index (χ4v) is 7.97. The molecule has 0 spiro atoms. The topological polar surface area (TPSA) is 71.1 Å². The summed E-state index contributed by atoms with van der Waals surface area (Å²) in [5, 5.41) is 0. The highest BCUT2D eigenvalue weighted by molar-refractivity contribution is 5.81. The van der Waals surface area contributed by atoms with Crippen molar-refractivity contribution < 1.29 is 28.5 Å². The van der Waals surface area contributed by atoms with E-state index >= 15 is 0 Å². The van der Waals surface area contributed by atoms with Gasteiger partial charge in [-0.2, -0.15) is 0 Å². The van der Waals surface area contributed by atoms with Crippen LogP contribution in [0.5, 0.6) is 11.5 Å². The SMILES string of the molecule is C=CC(=O)OCCCCOc1ccc(C2(c3ccc(OCCCCOC(=O)C=C)cc3)CCC(C3CCC(CCCCC)CC3)CC2)cc1. The van der Waals surface area contributed by atoms with Crippen molar-refractivity contribution in [2.75, 3.05) is 26.4 Å². The van der Waals surface area contributed by atoms with Crippen LogP contribution in [0.2, 0.25) is 0 Å². The predicted molar refractivity (Wildman–Crippen MR) is 197 cm³/mol. The van der Waals surface area contributed by atoms with Crippen LogP contribution in [-0.2, 0) is 24.5 Å². The Hall–Kier alpha value is -3.54. The molecule has 2 saturated carbocycles. The smallest absolute Gasteiger partial charge is 0.330 e. The van der Waals surface area contributed by atoms with Gasteiger partial charge in [-0.15, -0.1) is 0 Å². The predicted octanol–water partition coefficient (Wildman–Crippen LogP) is 10.3. The Morgan fingerprint density at radius 2 is 1.08 bits per heavy atom. The third kappa shape index (κ3) is 12.1. The molecule has 2 aromatic rings. The number of hydrogen-bond donors (Lipinski definition) is 0. The minimum atomic E-state index is -0.382.